The van der Waals surface area contributed by atoms with Crippen LogP contribution in [-0.4, -0.2) is 14.5 Å². The number of rotatable bonds is 2. The van der Waals surface area contributed by atoms with Crippen molar-refractivity contribution in [1.29, 1.82) is 0 Å². The van der Waals surface area contributed by atoms with Crippen molar-refractivity contribution >= 4 is 10.8 Å². The summed E-state index contributed by atoms with van der Waals surface area (Å²) < 4.78 is 15.5. The molecular formula is C15H12FN3. The molecule has 1 aliphatic carbocycles. The van der Waals surface area contributed by atoms with Crippen LogP contribution in [0.1, 0.15) is 24.5 Å². The summed E-state index contributed by atoms with van der Waals surface area (Å²) in [6, 6.07) is 5.63. The monoisotopic (exact) mass is 253 g/mol. The Morgan fingerprint density at radius 2 is 2.11 bits per heavy atom. The lowest BCUT2D eigenvalue weighted by molar-refractivity contribution is 0.634. The molecule has 0 bridgehead atoms. The van der Waals surface area contributed by atoms with Gasteiger partial charge in [-0.25, -0.2) is 9.37 Å². The van der Waals surface area contributed by atoms with E-state index in [9.17, 15) is 4.39 Å². The molecule has 1 aromatic carbocycles. The standard InChI is InChI=1S/C15H12FN3/c16-14-7-17-6-11-5-12(3-4-13(11)14)19-8-15(18-9-19)10-1-2-10/h3-10H,1-2H2. The molecule has 1 saturated carbocycles. The highest BCUT2D eigenvalue weighted by molar-refractivity contribution is 5.84. The van der Waals surface area contributed by atoms with Crippen molar-refractivity contribution in [1.82, 2.24) is 14.5 Å². The number of hydrogen-bond donors (Lipinski definition) is 0. The van der Waals surface area contributed by atoms with Crippen molar-refractivity contribution in [2.24, 2.45) is 0 Å². The van der Waals surface area contributed by atoms with E-state index in [2.05, 4.69) is 16.2 Å². The summed E-state index contributed by atoms with van der Waals surface area (Å²) in [5.41, 5.74) is 2.14. The second kappa shape index (κ2) is 3.88. The summed E-state index contributed by atoms with van der Waals surface area (Å²) in [7, 11) is 0. The summed E-state index contributed by atoms with van der Waals surface area (Å²) in [5, 5.41) is 1.40. The zero-order chi connectivity index (χ0) is 12.8. The van der Waals surface area contributed by atoms with Crippen molar-refractivity contribution in [3.05, 3.63) is 54.6 Å². The van der Waals surface area contributed by atoms with Gasteiger partial charge in [-0.15, -0.1) is 0 Å². The summed E-state index contributed by atoms with van der Waals surface area (Å²) >= 11 is 0. The van der Waals surface area contributed by atoms with Crippen LogP contribution in [0.15, 0.2) is 43.1 Å². The Bertz CT molecular complexity index is 759. The molecule has 0 aliphatic heterocycles. The Kier molecular flexibility index (Phi) is 2.18. The third-order valence-electron chi connectivity index (χ3n) is 3.59. The molecule has 1 aliphatic rings. The van der Waals surface area contributed by atoms with Crippen LogP contribution in [0.25, 0.3) is 16.5 Å². The first kappa shape index (κ1) is 10.7. The molecule has 4 heteroatoms. The maximum atomic E-state index is 13.6. The van der Waals surface area contributed by atoms with Gasteiger partial charge in [-0.2, -0.15) is 0 Å². The first-order valence-corrected chi connectivity index (χ1v) is 6.39. The minimum Gasteiger partial charge on any atom is -0.306 e. The zero-order valence-electron chi connectivity index (χ0n) is 10.3. The first-order chi connectivity index (χ1) is 9.31. The van der Waals surface area contributed by atoms with E-state index in [0.717, 1.165) is 16.8 Å². The van der Waals surface area contributed by atoms with Crippen LogP contribution in [0.2, 0.25) is 0 Å². The Labute approximate surface area is 109 Å². The van der Waals surface area contributed by atoms with Gasteiger partial charge in [0.25, 0.3) is 0 Å². The number of fused-ring (bicyclic) bond motifs is 1. The van der Waals surface area contributed by atoms with Crippen LogP contribution in [0.3, 0.4) is 0 Å². The Hall–Kier alpha value is -2.23. The van der Waals surface area contributed by atoms with Crippen molar-refractivity contribution in [2.45, 2.75) is 18.8 Å². The van der Waals surface area contributed by atoms with Gasteiger partial charge in [-0.05, 0) is 31.0 Å². The molecule has 0 radical (unpaired) electrons. The van der Waals surface area contributed by atoms with Gasteiger partial charge in [0.2, 0.25) is 0 Å². The highest BCUT2D eigenvalue weighted by Crippen LogP contribution is 2.39. The molecule has 2 heterocycles. The van der Waals surface area contributed by atoms with E-state index in [1.807, 2.05) is 23.0 Å². The van der Waals surface area contributed by atoms with Gasteiger partial charge in [0.05, 0.1) is 18.2 Å². The highest BCUT2D eigenvalue weighted by atomic mass is 19.1. The SMILES string of the molecule is Fc1cncc2cc(-n3cnc(C4CC4)c3)ccc12. The van der Waals surface area contributed by atoms with Crippen LogP contribution in [-0.2, 0) is 0 Å². The van der Waals surface area contributed by atoms with Gasteiger partial charge < -0.3 is 4.57 Å². The molecule has 1 fully saturated rings. The van der Waals surface area contributed by atoms with Gasteiger partial charge in [-0.1, -0.05) is 0 Å². The predicted octanol–water partition coefficient (Wildman–Crippen LogP) is 3.44. The summed E-state index contributed by atoms with van der Waals surface area (Å²) in [5.74, 6) is 0.356. The van der Waals surface area contributed by atoms with Crippen molar-refractivity contribution < 1.29 is 4.39 Å². The number of halogens is 1. The molecule has 0 unspecified atom stereocenters. The van der Waals surface area contributed by atoms with E-state index >= 15 is 0 Å². The zero-order valence-corrected chi connectivity index (χ0v) is 10.3. The summed E-state index contributed by atoms with van der Waals surface area (Å²) in [4.78, 5) is 8.32. The van der Waals surface area contributed by atoms with E-state index in [4.69, 9.17) is 0 Å². The molecule has 94 valence electrons. The Balaban J connectivity index is 1.81. The average molecular weight is 253 g/mol. The van der Waals surface area contributed by atoms with Gasteiger partial charge in [0.15, 0.2) is 0 Å². The van der Waals surface area contributed by atoms with Crippen molar-refractivity contribution in [2.75, 3.05) is 0 Å². The average Bonchev–Trinajstić information content (AvgIpc) is 3.16. The molecule has 0 amide bonds. The largest absolute Gasteiger partial charge is 0.306 e. The molecular weight excluding hydrogens is 241 g/mol. The van der Waals surface area contributed by atoms with Crippen LogP contribution in [0, 0.1) is 5.82 Å². The lowest BCUT2D eigenvalue weighted by Crippen LogP contribution is -1.91. The van der Waals surface area contributed by atoms with Crippen LogP contribution in [0.4, 0.5) is 4.39 Å². The number of benzene rings is 1. The number of nitrogens with zero attached hydrogens (tertiary/aromatic N) is 3. The molecule has 0 spiro atoms. The van der Waals surface area contributed by atoms with E-state index in [0.29, 0.717) is 11.3 Å². The molecule has 0 atom stereocenters. The van der Waals surface area contributed by atoms with E-state index in [1.165, 1.54) is 19.0 Å². The molecule has 4 rings (SSSR count). The minimum absolute atomic E-state index is 0.284. The second-order valence-corrected chi connectivity index (χ2v) is 5.01. The van der Waals surface area contributed by atoms with Crippen molar-refractivity contribution in [3.8, 4) is 5.69 Å². The molecule has 0 saturated heterocycles. The van der Waals surface area contributed by atoms with Crippen LogP contribution < -0.4 is 0 Å². The van der Waals surface area contributed by atoms with Gasteiger partial charge in [-0.3, -0.25) is 4.98 Å². The topological polar surface area (TPSA) is 30.7 Å². The predicted molar refractivity (Wildman–Crippen MR) is 70.8 cm³/mol. The smallest absolute Gasteiger partial charge is 0.149 e. The maximum Gasteiger partial charge on any atom is 0.149 e. The number of hydrogen-bond acceptors (Lipinski definition) is 2. The Morgan fingerprint density at radius 1 is 1.21 bits per heavy atom. The van der Waals surface area contributed by atoms with Crippen LogP contribution in [0.5, 0.6) is 0 Å². The van der Waals surface area contributed by atoms with E-state index in [1.54, 1.807) is 12.3 Å². The third-order valence-corrected chi connectivity index (χ3v) is 3.59. The summed E-state index contributed by atoms with van der Waals surface area (Å²) in [6.07, 6.45) is 9.28. The van der Waals surface area contributed by atoms with Gasteiger partial charge in [0.1, 0.15) is 5.82 Å². The number of aromatic nitrogens is 3. The van der Waals surface area contributed by atoms with Gasteiger partial charge in [0, 0.05) is 34.8 Å². The van der Waals surface area contributed by atoms with E-state index in [-0.39, 0.29) is 5.82 Å². The fraction of sp³-hybridized carbons (Fsp3) is 0.200. The number of pyridine rings is 1. The molecule has 19 heavy (non-hydrogen) atoms. The first-order valence-electron chi connectivity index (χ1n) is 6.39. The minimum atomic E-state index is -0.284. The molecule has 3 aromatic rings. The lowest BCUT2D eigenvalue weighted by Gasteiger charge is -2.04. The van der Waals surface area contributed by atoms with E-state index < -0.39 is 0 Å². The molecule has 0 N–H and O–H groups in total. The lowest BCUT2D eigenvalue weighted by atomic mass is 10.1. The normalized spacial score (nSPS) is 15.0. The fourth-order valence-electron chi connectivity index (χ4n) is 2.36. The quantitative estimate of drug-likeness (QED) is 0.700. The third kappa shape index (κ3) is 1.80. The van der Waals surface area contributed by atoms with Crippen LogP contribution >= 0.6 is 0 Å². The van der Waals surface area contributed by atoms with Gasteiger partial charge >= 0.3 is 0 Å². The van der Waals surface area contributed by atoms with Crippen molar-refractivity contribution in [3.63, 3.8) is 0 Å². The number of imidazole rings is 1. The molecule has 2 aromatic heterocycles. The highest BCUT2D eigenvalue weighted by Gasteiger charge is 2.25. The fourth-order valence-corrected chi connectivity index (χ4v) is 2.36. The Morgan fingerprint density at radius 3 is 2.95 bits per heavy atom. The second-order valence-electron chi connectivity index (χ2n) is 5.01. The molecule has 3 nitrogen and oxygen atoms in total. The summed E-state index contributed by atoms with van der Waals surface area (Å²) in [6.45, 7) is 0. The maximum absolute atomic E-state index is 13.6.